The van der Waals surface area contributed by atoms with Crippen LogP contribution in [0.25, 0.3) is 10.4 Å². The fourth-order valence-corrected chi connectivity index (χ4v) is 3.22. The molecular weight excluding hydrogens is 274 g/mol. The molecule has 5 heteroatoms. The van der Waals surface area contributed by atoms with E-state index in [4.69, 9.17) is 4.74 Å². The molecule has 1 aromatic heterocycles. The summed E-state index contributed by atoms with van der Waals surface area (Å²) < 4.78 is 5.08. The smallest absolute Gasteiger partial charge is 0.358 e. The van der Waals surface area contributed by atoms with Gasteiger partial charge in [-0.05, 0) is 49.6 Å². The predicted octanol–water partition coefficient (Wildman–Crippen LogP) is 3.57. The van der Waals surface area contributed by atoms with Gasteiger partial charge in [0.15, 0.2) is 5.69 Å². The summed E-state index contributed by atoms with van der Waals surface area (Å²) in [6.45, 7) is 2.12. The van der Waals surface area contributed by atoms with Crippen LogP contribution >= 0.6 is 11.3 Å². The van der Waals surface area contributed by atoms with E-state index in [9.17, 15) is 9.90 Å². The molecule has 0 bridgehead atoms. The van der Waals surface area contributed by atoms with E-state index in [1.165, 1.54) is 0 Å². The summed E-state index contributed by atoms with van der Waals surface area (Å²) in [6, 6.07) is 6.81. The van der Waals surface area contributed by atoms with E-state index in [0.29, 0.717) is 18.2 Å². The highest BCUT2D eigenvalue weighted by atomic mass is 32.1. The Morgan fingerprint density at radius 3 is 2.70 bits per heavy atom. The highest BCUT2D eigenvalue weighted by Gasteiger charge is 2.30. The standard InChI is InChI=1S/C15H15NO3S/c1-2-19-15(18)12-13(9-5-7-11(17)8-6-9)20-14(16-12)10-3-4-10/h5-8,10,17H,2-4H2,1H3. The zero-order chi connectivity index (χ0) is 14.1. The maximum absolute atomic E-state index is 12.0. The first-order chi connectivity index (χ1) is 9.69. The van der Waals surface area contributed by atoms with Gasteiger partial charge in [0.05, 0.1) is 16.5 Å². The zero-order valence-corrected chi connectivity index (χ0v) is 11.9. The Balaban J connectivity index is 2.02. The normalized spacial score (nSPS) is 14.2. The number of esters is 1. The molecule has 0 atom stereocenters. The van der Waals surface area contributed by atoms with Crippen LogP contribution in [0.2, 0.25) is 0 Å². The van der Waals surface area contributed by atoms with Crippen LogP contribution in [0, 0.1) is 0 Å². The van der Waals surface area contributed by atoms with Gasteiger partial charge >= 0.3 is 5.97 Å². The number of aromatic nitrogens is 1. The summed E-state index contributed by atoms with van der Waals surface area (Å²) >= 11 is 1.55. The van der Waals surface area contributed by atoms with Gasteiger partial charge in [0.25, 0.3) is 0 Å². The molecule has 0 saturated heterocycles. The monoisotopic (exact) mass is 289 g/mol. The van der Waals surface area contributed by atoms with E-state index < -0.39 is 0 Å². The molecule has 0 spiro atoms. The molecular formula is C15H15NO3S. The van der Waals surface area contributed by atoms with E-state index in [1.807, 2.05) is 0 Å². The fraction of sp³-hybridized carbons (Fsp3) is 0.333. The van der Waals surface area contributed by atoms with Crippen LogP contribution in [-0.2, 0) is 4.74 Å². The second-order valence-electron chi connectivity index (χ2n) is 4.77. The number of benzene rings is 1. The van der Waals surface area contributed by atoms with Crippen molar-refractivity contribution >= 4 is 17.3 Å². The number of phenolic OH excluding ortho intramolecular Hbond substituents is 1. The second-order valence-corrected chi connectivity index (χ2v) is 5.80. The van der Waals surface area contributed by atoms with Crippen LogP contribution in [-0.4, -0.2) is 22.7 Å². The number of hydrogen-bond donors (Lipinski definition) is 1. The minimum absolute atomic E-state index is 0.207. The first-order valence-corrected chi connectivity index (χ1v) is 7.48. The van der Waals surface area contributed by atoms with E-state index >= 15 is 0 Å². The molecule has 1 aromatic carbocycles. The maximum Gasteiger partial charge on any atom is 0.358 e. The summed E-state index contributed by atoms with van der Waals surface area (Å²) in [6.07, 6.45) is 2.29. The van der Waals surface area contributed by atoms with Gasteiger partial charge in [0.1, 0.15) is 5.75 Å². The lowest BCUT2D eigenvalue weighted by atomic mass is 10.1. The van der Waals surface area contributed by atoms with Gasteiger partial charge < -0.3 is 9.84 Å². The number of rotatable bonds is 4. The third-order valence-corrected chi connectivity index (χ3v) is 4.44. The summed E-state index contributed by atoms with van der Waals surface area (Å²) in [4.78, 5) is 17.3. The molecule has 0 radical (unpaired) electrons. The largest absolute Gasteiger partial charge is 0.508 e. The Labute approximate surface area is 121 Å². The first-order valence-electron chi connectivity index (χ1n) is 6.66. The third kappa shape index (κ3) is 2.54. The number of hydrogen-bond acceptors (Lipinski definition) is 5. The molecule has 4 nitrogen and oxygen atoms in total. The van der Waals surface area contributed by atoms with Crippen molar-refractivity contribution in [2.45, 2.75) is 25.7 Å². The van der Waals surface area contributed by atoms with Crippen molar-refractivity contribution in [1.82, 2.24) is 4.98 Å². The van der Waals surface area contributed by atoms with Crippen LogP contribution in [0.15, 0.2) is 24.3 Å². The maximum atomic E-state index is 12.0. The summed E-state index contributed by atoms with van der Waals surface area (Å²) in [7, 11) is 0. The van der Waals surface area contributed by atoms with Gasteiger partial charge in [0.2, 0.25) is 0 Å². The Hall–Kier alpha value is -1.88. The average Bonchev–Trinajstić information content (AvgIpc) is 3.19. The van der Waals surface area contributed by atoms with Crippen molar-refractivity contribution in [2.24, 2.45) is 0 Å². The number of phenols is 1. The van der Waals surface area contributed by atoms with Crippen molar-refractivity contribution in [2.75, 3.05) is 6.61 Å². The first kappa shape index (κ1) is 13.1. The predicted molar refractivity (Wildman–Crippen MR) is 77.1 cm³/mol. The Morgan fingerprint density at radius 1 is 1.40 bits per heavy atom. The minimum Gasteiger partial charge on any atom is -0.508 e. The molecule has 104 valence electrons. The second kappa shape index (κ2) is 5.25. The van der Waals surface area contributed by atoms with Gasteiger partial charge in [-0.25, -0.2) is 9.78 Å². The van der Waals surface area contributed by atoms with Crippen LogP contribution in [0.1, 0.15) is 41.2 Å². The van der Waals surface area contributed by atoms with Gasteiger partial charge in [-0.2, -0.15) is 0 Å². The molecule has 20 heavy (non-hydrogen) atoms. The van der Waals surface area contributed by atoms with Crippen molar-refractivity contribution in [1.29, 1.82) is 0 Å². The average molecular weight is 289 g/mol. The van der Waals surface area contributed by atoms with Gasteiger partial charge in [-0.1, -0.05) is 0 Å². The lowest BCUT2D eigenvalue weighted by Gasteiger charge is -2.02. The number of carbonyl (C=O) groups is 1. The lowest BCUT2D eigenvalue weighted by Crippen LogP contribution is -2.06. The SMILES string of the molecule is CCOC(=O)c1nc(C2CC2)sc1-c1ccc(O)cc1. The van der Waals surface area contributed by atoms with Gasteiger partial charge in [0, 0.05) is 5.92 Å². The van der Waals surface area contributed by atoms with Crippen LogP contribution in [0.5, 0.6) is 5.75 Å². The molecule has 0 unspecified atom stereocenters. The molecule has 0 amide bonds. The number of thiazole rings is 1. The van der Waals surface area contributed by atoms with Crippen molar-refractivity contribution < 1.29 is 14.6 Å². The minimum atomic E-state index is -0.376. The highest BCUT2D eigenvalue weighted by Crippen LogP contribution is 2.45. The third-order valence-electron chi connectivity index (χ3n) is 3.17. The van der Waals surface area contributed by atoms with Crippen LogP contribution in [0.3, 0.4) is 0 Å². The van der Waals surface area contributed by atoms with Crippen molar-refractivity contribution in [3.05, 3.63) is 35.0 Å². The number of carbonyl (C=O) groups excluding carboxylic acids is 1. The van der Waals surface area contributed by atoms with Gasteiger partial charge in [-0.3, -0.25) is 0 Å². The fourth-order valence-electron chi connectivity index (χ4n) is 1.99. The summed E-state index contributed by atoms with van der Waals surface area (Å²) in [5.74, 6) is 0.330. The Bertz CT molecular complexity index is 629. The highest BCUT2D eigenvalue weighted by molar-refractivity contribution is 7.15. The molecule has 1 aliphatic rings. The molecule has 1 aliphatic carbocycles. The molecule has 1 fully saturated rings. The van der Waals surface area contributed by atoms with Crippen molar-refractivity contribution in [3.8, 4) is 16.2 Å². The molecule has 1 heterocycles. The number of nitrogens with zero attached hydrogens (tertiary/aromatic N) is 1. The quantitative estimate of drug-likeness (QED) is 0.874. The van der Waals surface area contributed by atoms with Gasteiger partial charge in [-0.15, -0.1) is 11.3 Å². The molecule has 2 aromatic rings. The number of ether oxygens (including phenoxy) is 1. The Morgan fingerprint density at radius 2 is 2.10 bits per heavy atom. The summed E-state index contributed by atoms with van der Waals surface area (Å²) in [5.41, 5.74) is 1.28. The van der Waals surface area contributed by atoms with Crippen molar-refractivity contribution in [3.63, 3.8) is 0 Å². The van der Waals surface area contributed by atoms with E-state index in [1.54, 1.807) is 42.5 Å². The zero-order valence-electron chi connectivity index (χ0n) is 11.1. The van der Waals surface area contributed by atoms with Crippen LogP contribution in [0.4, 0.5) is 0 Å². The van der Waals surface area contributed by atoms with Crippen LogP contribution < -0.4 is 0 Å². The van der Waals surface area contributed by atoms with E-state index in [2.05, 4.69) is 4.98 Å². The molecule has 1 N–H and O–H groups in total. The van der Waals surface area contributed by atoms with E-state index in [0.717, 1.165) is 28.3 Å². The Kier molecular flexibility index (Phi) is 3.44. The molecule has 1 saturated carbocycles. The topological polar surface area (TPSA) is 59.4 Å². The number of aromatic hydroxyl groups is 1. The lowest BCUT2D eigenvalue weighted by molar-refractivity contribution is 0.0521. The summed E-state index contributed by atoms with van der Waals surface area (Å²) in [5, 5.41) is 10.4. The molecule has 0 aliphatic heterocycles. The van der Waals surface area contributed by atoms with E-state index in [-0.39, 0.29) is 11.7 Å². The molecule has 3 rings (SSSR count).